The van der Waals surface area contributed by atoms with Crippen LogP contribution in [-0.4, -0.2) is 16.0 Å². The number of carbonyl (C=O) groups is 1. The lowest BCUT2D eigenvalue weighted by molar-refractivity contribution is 0.257. The van der Waals surface area contributed by atoms with Crippen molar-refractivity contribution in [3.8, 4) is 6.01 Å². The number of urea groups is 1. The summed E-state index contributed by atoms with van der Waals surface area (Å²) >= 11 is 0.770. The van der Waals surface area contributed by atoms with Gasteiger partial charge in [0.05, 0.1) is 5.69 Å². The van der Waals surface area contributed by atoms with E-state index < -0.39 is 6.03 Å². The van der Waals surface area contributed by atoms with Gasteiger partial charge in [-0.05, 0) is 18.2 Å². The molecule has 0 bridgehead atoms. The van der Waals surface area contributed by atoms with E-state index in [-0.39, 0.29) is 6.01 Å². The summed E-state index contributed by atoms with van der Waals surface area (Å²) in [6.45, 7) is 0. The van der Waals surface area contributed by atoms with Gasteiger partial charge in [0.15, 0.2) is 12.2 Å². The third-order valence-electron chi connectivity index (χ3n) is 1.92. The van der Waals surface area contributed by atoms with Gasteiger partial charge in [-0.2, -0.15) is 0 Å². The molecule has 2 rings (SSSR count). The third kappa shape index (κ3) is 3.11. The van der Waals surface area contributed by atoms with Crippen LogP contribution >= 0.6 is 12.2 Å². The minimum Gasteiger partial charge on any atom is -0.366 e. The van der Waals surface area contributed by atoms with Gasteiger partial charge in [0.2, 0.25) is 0 Å². The monoisotopic (exact) mass is 262 g/mol. The molecule has 1 aromatic heterocycles. The highest BCUT2D eigenvalue weighted by atomic mass is 32.2. The number of benzene rings is 1. The molecule has 0 unspecified atom stereocenters. The summed E-state index contributed by atoms with van der Waals surface area (Å²) in [7, 11) is 0. The summed E-state index contributed by atoms with van der Waals surface area (Å²) in [5, 5.41) is 0. The lowest BCUT2D eigenvalue weighted by Gasteiger charge is -2.16. The van der Waals surface area contributed by atoms with E-state index in [1.165, 1.54) is 4.31 Å². The zero-order valence-electron chi connectivity index (χ0n) is 9.26. The highest BCUT2D eigenvalue weighted by Crippen LogP contribution is 2.22. The van der Waals surface area contributed by atoms with Gasteiger partial charge in [-0.3, -0.25) is 0 Å². The van der Waals surface area contributed by atoms with E-state index in [4.69, 9.17) is 9.92 Å². The summed E-state index contributed by atoms with van der Waals surface area (Å²) in [4.78, 5) is 19.1. The Kier molecular flexibility index (Phi) is 3.98. The van der Waals surface area contributed by atoms with Crippen LogP contribution in [0.2, 0.25) is 0 Å². The van der Waals surface area contributed by atoms with Crippen LogP contribution in [0.25, 0.3) is 0 Å². The van der Waals surface area contributed by atoms with Crippen LogP contribution in [0.1, 0.15) is 0 Å². The van der Waals surface area contributed by atoms with Crippen LogP contribution in [0.4, 0.5) is 10.5 Å². The Balaban J connectivity index is 2.06. The second-order valence-corrected chi connectivity index (χ2v) is 3.84. The Morgan fingerprint density at radius 1 is 1.17 bits per heavy atom. The second kappa shape index (κ2) is 5.87. The molecule has 18 heavy (non-hydrogen) atoms. The Morgan fingerprint density at radius 3 is 2.44 bits per heavy atom. The van der Waals surface area contributed by atoms with Gasteiger partial charge < -0.3 is 9.92 Å². The van der Waals surface area contributed by atoms with E-state index in [9.17, 15) is 4.79 Å². The van der Waals surface area contributed by atoms with Crippen LogP contribution in [-0.2, 0) is 0 Å². The third-order valence-corrected chi connectivity index (χ3v) is 2.68. The van der Waals surface area contributed by atoms with Crippen LogP contribution in [0.15, 0.2) is 48.8 Å². The molecule has 0 fully saturated rings. The molecular weight excluding hydrogens is 252 g/mol. The fourth-order valence-electron chi connectivity index (χ4n) is 1.17. The van der Waals surface area contributed by atoms with E-state index in [2.05, 4.69) is 9.97 Å². The fraction of sp³-hybridized carbons (Fsp3) is 0. The maximum absolute atomic E-state index is 11.3. The topological polar surface area (TPSA) is 81.3 Å². The zero-order valence-corrected chi connectivity index (χ0v) is 10.1. The van der Waals surface area contributed by atoms with Gasteiger partial charge in [-0.25, -0.2) is 19.1 Å². The lowest BCUT2D eigenvalue weighted by atomic mass is 10.3. The molecule has 0 spiro atoms. The number of rotatable bonds is 4. The van der Waals surface area contributed by atoms with Gasteiger partial charge in [0, 0.05) is 12.4 Å². The summed E-state index contributed by atoms with van der Waals surface area (Å²) in [5.41, 5.74) is 5.89. The van der Waals surface area contributed by atoms with E-state index in [1.807, 2.05) is 6.07 Å². The normalized spacial score (nSPS) is 9.78. The highest BCUT2D eigenvalue weighted by molar-refractivity contribution is 7.97. The van der Waals surface area contributed by atoms with E-state index >= 15 is 0 Å². The predicted octanol–water partition coefficient (Wildman–Crippen LogP) is 2.00. The first-order chi connectivity index (χ1) is 8.77. The molecule has 2 N–H and O–H groups in total. The van der Waals surface area contributed by atoms with Crippen molar-refractivity contribution in [2.75, 3.05) is 4.31 Å². The van der Waals surface area contributed by atoms with Crippen molar-refractivity contribution in [1.82, 2.24) is 9.97 Å². The molecular formula is C11H10N4O2S. The molecule has 0 aliphatic carbocycles. The van der Waals surface area contributed by atoms with Crippen molar-refractivity contribution in [2.45, 2.75) is 0 Å². The number of aromatic nitrogens is 2. The predicted molar refractivity (Wildman–Crippen MR) is 68.8 cm³/mol. The van der Waals surface area contributed by atoms with Gasteiger partial charge >= 0.3 is 12.0 Å². The van der Waals surface area contributed by atoms with Gasteiger partial charge in [0.25, 0.3) is 0 Å². The van der Waals surface area contributed by atoms with Gasteiger partial charge in [0.1, 0.15) is 0 Å². The number of hydrogen-bond acceptors (Lipinski definition) is 5. The summed E-state index contributed by atoms with van der Waals surface area (Å²) < 4.78 is 6.41. The molecule has 0 aliphatic rings. The molecule has 2 amide bonds. The Labute approximate surface area is 108 Å². The first-order valence-electron chi connectivity index (χ1n) is 5.03. The summed E-state index contributed by atoms with van der Waals surface area (Å²) in [6, 6.07) is 10.1. The quantitative estimate of drug-likeness (QED) is 0.673. The molecule has 2 aromatic rings. The number of nitrogens with zero attached hydrogens (tertiary/aromatic N) is 3. The smallest absolute Gasteiger partial charge is 0.332 e. The van der Waals surface area contributed by atoms with Crippen molar-refractivity contribution in [1.29, 1.82) is 0 Å². The largest absolute Gasteiger partial charge is 0.366 e. The number of amides is 2. The van der Waals surface area contributed by atoms with Crippen molar-refractivity contribution in [2.24, 2.45) is 5.73 Å². The van der Waals surface area contributed by atoms with Gasteiger partial charge in [-0.15, -0.1) is 0 Å². The van der Waals surface area contributed by atoms with Crippen LogP contribution in [0.3, 0.4) is 0 Å². The summed E-state index contributed by atoms with van der Waals surface area (Å²) in [5.74, 6) is 0. The first-order valence-corrected chi connectivity index (χ1v) is 5.73. The SMILES string of the molecule is NC(=O)N(SOc1ncccn1)c1ccccc1. The van der Waals surface area contributed by atoms with E-state index in [0.29, 0.717) is 5.69 Å². The number of nitrogens with two attached hydrogens (primary N) is 1. The van der Waals surface area contributed by atoms with E-state index in [0.717, 1.165) is 12.2 Å². The number of carbonyl (C=O) groups excluding carboxylic acids is 1. The molecule has 0 radical (unpaired) electrons. The number of hydrogen-bond donors (Lipinski definition) is 1. The minimum absolute atomic E-state index is 0.157. The van der Waals surface area contributed by atoms with Crippen LogP contribution in [0, 0.1) is 0 Å². The highest BCUT2D eigenvalue weighted by Gasteiger charge is 2.15. The lowest BCUT2D eigenvalue weighted by Crippen LogP contribution is -2.30. The minimum atomic E-state index is -0.637. The standard InChI is InChI=1S/C11H10N4O2S/c12-10(16)15(9-5-2-1-3-6-9)18-17-11-13-7-4-8-14-11/h1-8H,(H2,12,16). The Hall–Kier alpha value is -2.28. The molecule has 7 heteroatoms. The van der Waals surface area contributed by atoms with Crippen molar-refractivity contribution < 1.29 is 8.98 Å². The number of para-hydroxylation sites is 1. The molecule has 1 aromatic carbocycles. The Bertz CT molecular complexity index is 509. The molecule has 0 atom stereocenters. The average Bonchev–Trinajstić information content (AvgIpc) is 2.41. The molecule has 0 saturated heterocycles. The van der Waals surface area contributed by atoms with Crippen LogP contribution < -0.4 is 14.2 Å². The fourth-order valence-corrected chi connectivity index (χ4v) is 1.68. The van der Waals surface area contributed by atoms with Gasteiger partial charge in [-0.1, -0.05) is 18.2 Å². The molecule has 6 nitrogen and oxygen atoms in total. The molecule has 92 valence electrons. The maximum atomic E-state index is 11.3. The first kappa shape index (κ1) is 12.2. The molecule has 0 saturated carbocycles. The zero-order chi connectivity index (χ0) is 12.8. The van der Waals surface area contributed by atoms with Crippen molar-refractivity contribution in [3.05, 3.63) is 48.8 Å². The van der Waals surface area contributed by atoms with E-state index in [1.54, 1.807) is 42.7 Å². The van der Waals surface area contributed by atoms with Crippen molar-refractivity contribution >= 4 is 23.9 Å². The number of anilines is 1. The average molecular weight is 262 g/mol. The van der Waals surface area contributed by atoms with Crippen molar-refractivity contribution in [3.63, 3.8) is 0 Å². The molecule has 1 heterocycles. The molecule has 0 aliphatic heterocycles. The van der Waals surface area contributed by atoms with Crippen LogP contribution in [0.5, 0.6) is 6.01 Å². The number of primary amides is 1. The second-order valence-electron chi connectivity index (χ2n) is 3.16. The maximum Gasteiger partial charge on any atom is 0.332 e. The summed E-state index contributed by atoms with van der Waals surface area (Å²) in [6.07, 6.45) is 3.08. The Morgan fingerprint density at radius 2 is 1.83 bits per heavy atom.